The number of hydrogen-bond acceptors (Lipinski definition) is 2. The van der Waals surface area contributed by atoms with Crippen molar-refractivity contribution < 1.29 is 0 Å². The van der Waals surface area contributed by atoms with Crippen LogP contribution in [0.2, 0.25) is 0 Å². The third kappa shape index (κ3) is 3.02. The maximum absolute atomic E-state index is 4.18. The molecule has 2 heteroatoms. The second-order valence-corrected chi connectivity index (χ2v) is 5.15. The van der Waals surface area contributed by atoms with Gasteiger partial charge >= 0.3 is 0 Å². The van der Waals surface area contributed by atoms with Crippen molar-refractivity contribution in [3.63, 3.8) is 0 Å². The quantitative estimate of drug-likeness (QED) is 0.903. The zero-order valence-corrected chi connectivity index (χ0v) is 12.2. The molecule has 0 bridgehead atoms. The van der Waals surface area contributed by atoms with E-state index in [1.807, 2.05) is 19.4 Å². The first kappa shape index (κ1) is 13.8. The Bertz CT molecular complexity index is 541. The number of pyridine rings is 1. The highest BCUT2D eigenvalue weighted by Gasteiger charge is 2.14. The van der Waals surface area contributed by atoms with E-state index in [4.69, 9.17) is 0 Å². The van der Waals surface area contributed by atoms with Gasteiger partial charge in [0.2, 0.25) is 0 Å². The van der Waals surface area contributed by atoms with Crippen LogP contribution in [0.3, 0.4) is 0 Å². The number of aryl methyl sites for hydroxylation is 3. The van der Waals surface area contributed by atoms with Crippen molar-refractivity contribution >= 4 is 0 Å². The van der Waals surface area contributed by atoms with Gasteiger partial charge < -0.3 is 5.32 Å². The molecule has 0 saturated carbocycles. The van der Waals surface area contributed by atoms with Gasteiger partial charge in [0.1, 0.15) is 0 Å². The highest BCUT2D eigenvalue weighted by atomic mass is 14.9. The summed E-state index contributed by atoms with van der Waals surface area (Å²) in [6.45, 7) is 6.50. The molecule has 0 aliphatic carbocycles. The second kappa shape index (κ2) is 5.98. The van der Waals surface area contributed by atoms with Crippen molar-refractivity contribution in [2.24, 2.45) is 0 Å². The number of likely N-dealkylation sites (N-methyl/N-ethyl adjacent to an activating group) is 1. The fourth-order valence-corrected chi connectivity index (χ4v) is 2.62. The Morgan fingerprint density at radius 3 is 2.32 bits per heavy atom. The highest BCUT2D eigenvalue weighted by Crippen LogP contribution is 2.24. The van der Waals surface area contributed by atoms with E-state index in [1.54, 1.807) is 0 Å². The minimum absolute atomic E-state index is 0.336. The first-order chi connectivity index (χ1) is 9.13. The molecule has 0 radical (unpaired) electrons. The second-order valence-electron chi connectivity index (χ2n) is 5.15. The number of aromatic nitrogens is 1. The summed E-state index contributed by atoms with van der Waals surface area (Å²) in [5, 5.41) is 3.43. The van der Waals surface area contributed by atoms with Crippen LogP contribution in [-0.4, -0.2) is 12.0 Å². The van der Waals surface area contributed by atoms with E-state index in [0.717, 1.165) is 6.42 Å². The highest BCUT2D eigenvalue weighted by molar-refractivity contribution is 5.36. The Morgan fingerprint density at radius 2 is 1.74 bits per heavy atom. The molecule has 2 nitrogen and oxygen atoms in total. The van der Waals surface area contributed by atoms with Crippen molar-refractivity contribution in [3.8, 4) is 0 Å². The summed E-state index contributed by atoms with van der Waals surface area (Å²) in [6, 6.07) is 8.95. The Labute approximate surface area is 115 Å². The zero-order valence-electron chi connectivity index (χ0n) is 12.2. The molecule has 1 N–H and O–H groups in total. The fraction of sp³-hybridized carbons (Fsp3) is 0.353. The maximum Gasteiger partial charge on any atom is 0.0362 e. The number of rotatable bonds is 4. The van der Waals surface area contributed by atoms with Gasteiger partial charge in [-0.15, -0.1) is 0 Å². The zero-order chi connectivity index (χ0) is 13.8. The van der Waals surface area contributed by atoms with E-state index in [0.29, 0.717) is 6.04 Å². The maximum atomic E-state index is 4.18. The van der Waals surface area contributed by atoms with E-state index in [1.165, 1.54) is 27.8 Å². The SMILES string of the molecule is CNC(Cc1c(C)cccc1C)c1ccncc1C. The smallest absolute Gasteiger partial charge is 0.0362 e. The first-order valence-electron chi connectivity index (χ1n) is 6.76. The number of nitrogens with zero attached hydrogens (tertiary/aromatic N) is 1. The van der Waals surface area contributed by atoms with Crippen LogP contribution < -0.4 is 5.32 Å². The fourth-order valence-electron chi connectivity index (χ4n) is 2.62. The molecule has 0 aliphatic heterocycles. The van der Waals surface area contributed by atoms with Gasteiger partial charge in [0.05, 0.1) is 0 Å². The minimum Gasteiger partial charge on any atom is -0.313 e. The molecule has 0 amide bonds. The van der Waals surface area contributed by atoms with Gasteiger partial charge in [-0.05, 0) is 68.1 Å². The van der Waals surface area contributed by atoms with Crippen LogP contribution in [0.1, 0.15) is 33.9 Å². The van der Waals surface area contributed by atoms with E-state index >= 15 is 0 Å². The largest absolute Gasteiger partial charge is 0.313 e. The lowest BCUT2D eigenvalue weighted by atomic mass is 9.92. The van der Waals surface area contributed by atoms with Gasteiger partial charge in [-0.3, -0.25) is 4.98 Å². The molecule has 0 fully saturated rings. The van der Waals surface area contributed by atoms with Gasteiger partial charge in [0.15, 0.2) is 0 Å². The average molecular weight is 254 g/mol. The lowest BCUT2D eigenvalue weighted by Crippen LogP contribution is -2.20. The Balaban J connectivity index is 2.32. The van der Waals surface area contributed by atoms with E-state index < -0.39 is 0 Å². The molecule has 2 rings (SSSR count). The van der Waals surface area contributed by atoms with Gasteiger partial charge in [0.25, 0.3) is 0 Å². The predicted molar refractivity (Wildman–Crippen MR) is 80.4 cm³/mol. The molecule has 1 heterocycles. The van der Waals surface area contributed by atoms with Crippen molar-refractivity contribution in [2.75, 3.05) is 7.05 Å². The van der Waals surface area contributed by atoms with Crippen LogP contribution in [0.15, 0.2) is 36.7 Å². The van der Waals surface area contributed by atoms with Crippen molar-refractivity contribution in [3.05, 3.63) is 64.5 Å². The molecule has 0 spiro atoms. The van der Waals surface area contributed by atoms with Gasteiger partial charge in [-0.1, -0.05) is 18.2 Å². The molecule has 100 valence electrons. The molecule has 2 aromatic rings. The van der Waals surface area contributed by atoms with E-state index in [9.17, 15) is 0 Å². The summed E-state index contributed by atoms with van der Waals surface area (Å²) in [5.41, 5.74) is 6.75. The van der Waals surface area contributed by atoms with Gasteiger partial charge in [-0.25, -0.2) is 0 Å². The molecule has 1 unspecified atom stereocenters. The number of benzene rings is 1. The summed E-state index contributed by atoms with van der Waals surface area (Å²) in [6.07, 6.45) is 4.82. The molecular formula is C17H22N2. The lowest BCUT2D eigenvalue weighted by molar-refractivity contribution is 0.585. The van der Waals surface area contributed by atoms with E-state index in [-0.39, 0.29) is 0 Å². The van der Waals surface area contributed by atoms with Crippen LogP contribution >= 0.6 is 0 Å². The Morgan fingerprint density at radius 1 is 1.05 bits per heavy atom. The topological polar surface area (TPSA) is 24.9 Å². The van der Waals surface area contributed by atoms with E-state index in [2.05, 4.69) is 55.3 Å². The van der Waals surface area contributed by atoms with Crippen molar-refractivity contribution in [2.45, 2.75) is 33.2 Å². The van der Waals surface area contributed by atoms with Crippen LogP contribution in [-0.2, 0) is 6.42 Å². The molecule has 1 atom stereocenters. The summed E-state index contributed by atoms with van der Waals surface area (Å²) in [5.74, 6) is 0. The van der Waals surface area contributed by atoms with Crippen LogP contribution in [0, 0.1) is 20.8 Å². The monoisotopic (exact) mass is 254 g/mol. The molecular weight excluding hydrogens is 232 g/mol. The van der Waals surface area contributed by atoms with Crippen LogP contribution in [0.4, 0.5) is 0 Å². The Kier molecular flexibility index (Phi) is 4.33. The number of hydrogen-bond donors (Lipinski definition) is 1. The molecule has 1 aromatic carbocycles. The molecule has 19 heavy (non-hydrogen) atoms. The molecule has 0 saturated heterocycles. The first-order valence-corrected chi connectivity index (χ1v) is 6.76. The minimum atomic E-state index is 0.336. The lowest BCUT2D eigenvalue weighted by Gasteiger charge is -2.21. The summed E-state index contributed by atoms with van der Waals surface area (Å²) >= 11 is 0. The summed E-state index contributed by atoms with van der Waals surface area (Å²) < 4.78 is 0. The molecule has 0 aliphatic rings. The standard InChI is InChI=1S/C17H22N2/c1-12-6-5-7-13(2)16(12)10-17(18-4)15-8-9-19-11-14(15)3/h5-9,11,17-18H,10H2,1-4H3. The van der Waals surface area contributed by atoms with Crippen LogP contribution in [0.25, 0.3) is 0 Å². The summed E-state index contributed by atoms with van der Waals surface area (Å²) in [4.78, 5) is 4.18. The van der Waals surface area contributed by atoms with Gasteiger partial charge in [0, 0.05) is 18.4 Å². The van der Waals surface area contributed by atoms with Crippen molar-refractivity contribution in [1.29, 1.82) is 0 Å². The average Bonchev–Trinajstić information content (AvgIpc) is 2.40. The third-order valence-corrected chi connectivity index (χ3v) is 3.84. The normalized spacial score (nSPS) is 12.4. The van der Waals surface area contributed by atoms with Gasteiger partial charge in [-0.2, -0.15) is 0 Å². The number of nitrogens with one attached hydrogen (secondary N) is 1. The Hall–Kier alpha value is -1.67. The molecule has 1 aromatic heterocycles. The third-order valence-electron chi connectivity index (χ3n) is 3.84. The van der Waals surface area contributed by atoms with Crippen molar-refractivity contribution in [1.82, 2.24) is 10.3 Å². The summed E-state index contributed by atoms with van der Waals surface area (Å²) in [7, 11) is 2.03. The van der Waals surface area contributed by atoms with Crippen LogP contribution in [0.5, 0.6) is 0 Å². The predicted octanol–water partition coefficient (Wildman–Crippen LogP) is 3.51.